The van der Waals surface area contributed by atoms with Crippen molar-refractivity contribution in [3.63, 3.8) is 0 Å². The second-order valence-corrected chi connectivity index (χ2v) is 16.5. The highest BCUT2D eigenvalue weighted by Crippen LogP contribution is 2.43. The third kappa shape index (κ3) is 26.8. The predicted molar refractivity (Wildman–Crippen MR) is 209 cm³/mol. The molecule has 0 saturated heterocycles. The Balaban J connectivity index is 2.43. The van der Waals surface area contributed by atoms with Gasteiger partial charge in [-0.1, -0.05) is 103 Å². The molecule has 12 heteroatoms. The second kappa shape index (κ2) is 29.5. The molecule has 1 aromatic rings. The number of hydrogen-bond donors (Lipinski definition) is 1. The number of alkyl halides is 2. The number of unbranched alkanes of at least 4 members (excludes halogenated alkanes) is 13. The number of likely N-dealkylation sites (N-methyl/N-ethyl adjacent to an activating group) is 1. The molecule has 1 rings (SSSR count). The van der Waals surface area contributed by atoms with E-state index in [2.05, 4.69) is 24.0 Å². The number of esters is 1. The number of carbonyl (C=O) groups excluding carboxylic acids is 1. The molecule has 0 aromatic heterocycles. The van der Waals surface area contributed by atoms with Crippen LogP contribution < -0.4 is 4.90 Å². The monoisotopic (exact) mass is 767 g/mol. The summed E-state index contributed by atoms with van der Waals surface area (Å²) < 4.78 is 34.9. The number of hydrogen-bond acceptors (Lipinski definition) is 7. The smallest absolute Gasteiger partial charge is 0.457 e. The van der Waals surface area contributed by atoms with Gasteiger partial charge in [0.25, 0.3) is 0 Å². The Morgan fingerprint density at radius 1 is 0.780 bits per heavy atom. The van der Waals surface area contributed by atoms with Gasteiger partial charge in [-0.25, -0.2) is 4.57 Å². The molecule has 50 heavy (non-hydrogen) atoms. The summed E-state index contributed by atoms with van der Waals surface area (Å²) in [5.41, 5.74) is 2.18. The Hall–Kier alpha value is -0.900. The number of ether oxygens (including phenoxy) is 2. The van der Waals surface area contributed by atoms with Gasteiger partial charge in [-0.15, -0.1) is 23.2 Å². The van der Waals surface area contributed by atoms with Crippen molar-refractivity contribution in [3.8, 4) is 0 Å². The van der Waals surface area contributed by atoms with E-state index >= 15 is 0 Å². The number of rotatable bonds is 34. The molecule has 0 aliphatic heterocycles. The molecule has 2 atom stereocenters. The van der Waals surface area contributed by atoms with E-state index in [-0.39, 0.29) is 26.2 Å². The summed E-state index contributed by atoms with van der Waals surface area (Å²) in [6.07, 6.45) is 18.7. The molecule has 292 valence electrons. The van der Waals surface area contributed by atoms with E-state index in [0.29, 0.717) is 42.2 Å². The molecule has 0 aliphatic rings. The van der Waals surface area contributed by atoms with E-state index in [1.807, 2.05) is 33.3 Å². The van der Waals surface area contributed by atoms with E-state index in [4.69, 9.17) is 41.7 Å². The minimum absolute atomic E-state index is 0.0653. The van der Waals surface area contributed by atoms with Gasteiger partial charge in [-0.05, 0) is 37.0 Å². The van der Waals surface area contributed by atoms with Crippen LogP contribution in [0.1, 0.15) is 115 Å². The maximum atomic E-state index is 12.8. The van der Waals surface area contributed by atoms with Gasteiger partial charge in [0.1, 0.15) is 19.3 Å². The van der Waals surface area contributed by atoms with Crippen molar-refractivity contribution in [1.29, 1.82) is 0 Å². The maximum absolute atomic E-state index is 12.8. The first kappa shape index (κ1) is 47.1. The number of aryl methyl sites for hydroxylation is 1. The van der Waals surface area contributed by atoms with Crippen molar-refractivity contribution in [2.24, 2.45) is 0 Å². The summed E-state index contributed by atoms with van der Waals surface area (Å²) in [6, 6.07) is 8.20. The van der Waals surface area contributed by atoms with E-state index in [9.17, 15) is 14.3 Å². The topological polar surface area (TPSA) is 94.5 Å². The quantitative estimate of drug-likeness (QED) is 0.0244. The van der Waals surface area contributed by atoms with Crippen molar-refractivity contribution >= 4 is 42.7 Å². The Morgan fingerprint density at radius 2 is 1.32 bits per heavy atom. The van der Waals surface area contributed by atoms with Crippen molar-refractivity contribution in [3.05, 3.63) is 29.8 Å². The van der Waals surface area contributed by atoms with Crippen molar-refractivity contribution in [2.75, 3.05) is 83.9 Å². The fourth-order valence-corrected chi connectivity index (χ4v) is 6.65. The molecule has 1 unspecified atom stereocenters. The van der Waals surface area contributed by atoms with Gasteiger partial charge < -0.3 is 23.8 Å². The standard InChI is InChI=1S/C38H69Cl2N2O7P/c1-5-6-7-8-9-10-11-12-13-14-15-16-17-18-31-46-33-37(34-48-50(44,45)47-32-30-42(2,3)4)49-38(43)21-19-20-35-22-24-36(25-23-35)41(28-26-39)29-27-40/h22-25,37H,5-21,26-34H2,1-4H3/p+1/t37-/m1/s1. The van der Waals surface area contributed by atoms with Crippen LogP contribution in [0.5, 0.6) is 0 Å². The highest BCUT2D eigenvalue weighted by Gasteiger charge is 2.26. The summed E-state index contributed by atoms with van der Waals surface area (Å²) >= 11 is 11.9. The zero-order valence-corrected chi connectivity index (χ0v) is 34.2. The highest BCUT2D eigenvalue weighted by molar-refractivity contribution is 7.47. The van der Waals surface area contributed by atoms with Gasteiger partial charge in [0.05, 0.1) is 34.4 Å². The number of phosphoric ester groups is 1. The first-order valence-corrected chi connectivity index (χ1v) is 21.7. The third-order valence-electron chi connectivity index (χ3n) is 8.54. The van der Waals surface area contributed by atoms with E-state index in [1.165, 1.54) is 77.0 Å². The highest BCUT2D eigenvalue weighted by atomic mass is 35.5. The molecule has 0 aliphatic carbocycles. The van der Waals surface area contributed by atoms with Gasteiger partial charge in [0, 0.05) is 43.6 Å². The maximum Gasteiger partial charge on any atom is 0.472 e. The van der Waals surface area contributed by atoms with Crippen molar-refractivity contribution < 1.29 is 37.3 Å². The molecule has 0 spiro atoms. The van der Waals surface area contributed by atoms with Gasteiger partial charge in [-0.3, -0.25) is 13.8 Å². The fraction of sp³-hybridized carbons (Fsp3) is 0.816. The van der Waals surface area contributed by atoms with Crippen LogP contribution in [-0.2, 0) is 34.3 Å². The van der Waals surface area contributed by atoms with E-state index in [0.717, 1.165) is 37.2 Å². The number of quaternary nitrogens is 1. The van der Waals surface area contributed by atoms with Crippen molar-refractivity contribution in [2.45, 2.75) is 122 Å². The lowest BCUT2D eigenvalue weighted by Crippen LogP contribution is -2.37. The molecule has 1 N–H and O–H groups in total. The van der Waals surface area contributed by atoms with Crippen molar-refractivity contribution in [1.82, 2.24) is 0 Å². The van der Waals surface area contributed by atoms with Gasteiger partial charge >= 0.3 is 13.8 Å². The van der Waals surface area contributed by atoms with Crippen LogP contribution >= 0.6 is 31.0 Å². The van der Waals surface area contributed by atoms with E-state index in [1.54, 1.807) is 0 Å². The number of anilines is 1. The molecular weight excluding hydrogens is 698 g/mol. The summed E-state index contributed by atoms with van der Waals surface area (Å²) in [5.74, 6) is 0.650. The second-order valence-electron chi connectivity index (χ2n) is 14.3. The third-order valence-corrected chi connectivity index (χ3v) is 9.86. The Labute approximate surface area is 314 Å². The molecule has 0 amide bonds. The molecule has 0 bridgehead atoms. The van der Waals surface area contributed by atoms with E-state index < -0.39 is 19.9 Å². The summed E-state index contributed by atoms with van der Waals surface area (Å²) in [7, 11) is 1.58. The minimum Gasteiger partial charge on any atom is -0.457 e. The normalized spacial score (nSPS) is 13.7. The van der Waals surface area contributed by atoms with Crippen LogP contribution in [0.25, 0.3) is 0 Å². The number of phosphoric acid groups is 1. The Kier molecular flexibility index (Phi) is 27.8. The molecule has 0 heterocycles. The molecule has 0 saturated carbocycles. The van der Waals surface area contributed by atoms with Gasteiger partial charge in [0.2, 0.25) is 0 Å². The summed E-state index contributed by atoms with van der Waals surface area (Å²) in [4.78, 5) is 25.1. The molecular formula is C38H70Cl2N2O7P+. The van der Waals surface area contributed by atoms with Crippen LogP contribution in [0.15, 0.2) is 24.3 Å². The van der Waals surface area contributed by atoms with Gasteiger partial charge in [-0.2, -0.15) is 0 Å². The average molecular weight is 769 g/mol. The van der Waals surface area contributed by atoms with Gasteiger partial charge in [0.15, 0.2) is 0 Å². The fourth-order valence-electron chi connectivity index (χ4n) is 5.50. The zero-order valence-electron chi connectivity index (χ0n) is 31.8. The first-order valence-electron chi connectivity index (χ1n) is 19.1. The van der Waals surface area contributed by atoms with Crippen LogP contribution in [-0.4, -0.2) is 100 Å². The lowest BCUT2D eigenvalue weighted by Gasteiger charge is -2.24. The van der Waals surface area contributed by atoms with Crippen LogP contribution in [0.4, 0.5) is 5.69 Å². The lowest BCUT2D eigenvalue weighted by atomic mass is 10.0. The molecule has 9 nitrogen and oxygen atoms in total. The number of carbonyl (C=O) groups is 1. The van der Waals surface area contributed by atoms with Crippen LogP contribution in [0.3, 0.4) is 0 Å². The molecule has 1 aromatic carbocycles. The summed E-state index contributed by atoms with van der Waals surface area (Å²) in [6.45, 7) is 4.65. The Bertz CT molecular complexity index is 1010. The average Bonchev–Trinajstić information content (AvgIpc) is 3.06. The zero-order chi connectivity index (χ0) is 36.9. The summed E-state index contributed by atoms with van der Waals surface area (Å²) in [5, 5.41) is 0. The van der Waals surface area contributed by atoms with Crippen LogP contribution in [0.2, 0.25) is 0 Å². The number of benzene rings is 1. The largest absolute Gasteiger partial charge is 0.472 e. The van der Waals surface area contributed by atoms with Crippen LogP contribution in [0, 0.1) is 0 Å². The molecule has 0 radical (unpaired) electrons. The minimum atomic E-state index is -4.31. The Morgan fingerprint density at radius 3 is 1.84 bits per heavy atom. The SMILES string of the molecule is CCCCCCCCCCCCCCCCOC[C@H](COP(=O)(O)OCC[N+](C)(C)C)OC(=O)CCCc1ccc(N(CCCl)CCCl)cc1. The predicted octanol–water partition coefficient (Wildman–Crippen LogP) is 9.54. The first-order chi connectivity index (χ1) is 24.0. The molecule has 0 fully saturated rings. The number of nitrogens with zero attached hydrogens (tertiary/aromatic N) is 2. The number of halogens is 2. The lowest BCUT2D eigenvalue weighted by molar-refractivity contribution is -0.870.